The van der Waals surface area contributed by atoms with E-state index >= 15 is 0 Å². The zero-order chi connectivity index (χ0) is 16.7. The lowest BCUT2D eigenvalue weighted by Crippen LogP contribution is -2.05. The Balaban J connectivity index is 2.03. The molecule has 2 aromatic heterocycles. The van der Waals surface area contributed by atoms with E-state index in [1.165, 1.54) is 18.2 Å². The van der Waals surface area contributed by atoms with Crippen molar-refractivity contribution < 1.29 is 9.18 Å². The molecule has 0 aliphatic rings. The fraction of sp³-hybridized carbons (Fsp3) is 0. The van der Waals surface area contributed by atoms with Gasteiger partial charge in [-0.2, -0.15) is 0 Å². The summed E-state index contributed by atoms with van der Waals surface area (Å²) in [5.41, 5.74) is 8.46. The molecular formula is C18H12FN3OS. The third-order valence-electron chi connectivity index (χ3n) is 3.71. The SMILES string of the molecule is NC(=O)/C=C/c1c(-c2ccc(F)cc2)nc2sc3ccccc3n12. The molecule has 2 aromatic carbocycles. The van der Waals surface area contributed by atoms with Gasteiger partial charge < -0.3 is 5.73 Å². The number of nitrogens with two attached hydrogens (primary N) is 1. The highest BCUT2D eigenvalue weighted by Gasteiger charge is 2.16. The minimum atomic E-state index is -0.533. The van der Waals surface area contributed by atoms with Gasteiger partial charge in [-0.3, -0.25) is 9.20 Å². The molecule has 2 N–H and O–H groups in total. The molecule has 0 unspecified atom stereocenters. The number of hydrogen-bond donors (Lipinski definition) is 1. The number of hydrogen-bond acceptors (Lipinski definition) is 3. The van der Waals surface area contributed by atoms with Gasteiger partial charge in [0.25, 0.3) is 0 Å². The summed E-state index contributed by atoms with van der Waals surface area (Å²) in [6.45, 7) is 0. The van der Waals surface area contributed by atoms with Gasteiger partial charge in [0.1, 0.15) is 5.82 Å². The molecule has 0 fully saturated rings. The van der Waals surface area contributed by atoms with Gasteiger partial charge in [0.2, 0.25) is 5.91 Å². The van der Waals surface area contributed by atoms with Crippen molar-refractivity contribution >= 4 is 38.5 Å². The Hall–Kier alpha value is -2.99. The standard InChI is InChI=1S/C18H12FN3OS/c19-12-7-5-11(6-8-12)17-14(9-10-16(20)23)22-13-3-1-2-4-15(13)24-18(22)21-17/h1-10H,(H2,20,23)/b10-9+. The molecule has 0 saturated heterocycles. The summed E-state index contributed by atoms with van der Waals surface area (Å²) in [5.74, 6) is -0.839. The van der Waals surface area contributed by atoms with Crippen molar-refractivity contribution in [2.75, 3.05) is 0 Å². The Kier molecular flexibility index (Phi) is 3.39. The number of imidazole rings is 1. The van der Waals surface area contributed by atoms with Crippen molar-refractivity contribution in [2.45, 2.75) is 0 Å². The molecule has 6 heteroatoms. The van der Waals surface area contributed by atoms with Crippen LogP contribution in [-0.2, 0) is 4.79 Å². The Bertz CT molecular complexity index is 1090. The average Bonchev–Trinajstić information content (AvgIpc) is 3.09. The first-order valence-corrected chi connectivity index (χ1v) is 8.08. The molecule has 0 spiro atoms. The smallest absolute Gasteiger partial charge is 0.241 e. The lowest BCUT2D eigenvalue weighted by Gasteiger charge is -2.01. The third kappa shape index (κ3) is 2.37. The molecule has 24 heavy (non-hydrogen) atoms. The first-order chi connectivity index (χ1) is 11.6. The van der Waals surface area contributed by atoms with Crippen molar-refractivity contribution in [1.29, 1.82) is 0 Å². The molecule has 118 valence electrons. The normalized spacial score (nSPS) is 11.7. The second kappa shape index (κ2) is 5.58. The van der Waals surface area contributed by atoms with E-state index in [0.717, 1.165) is 26.4 Å². The van der Waals surface area contributed by atoms with Crippen molar-refractivity contribution in [2.24, 2.45) is 5.73 Å². The molecule has 4 nitrogen and oxygen atoms in total. The van der Waals surface area contributed by atoms with Gasteiger partial charge in [-0.1, -0.05) is 23.5 Å². The van der Waals surface area contributed by atoms with Crippen LogP contribution in [-0.4, -0.2) is 15.3 Å². The van der Waals surface area contributed by atoms with Crippen molar-refractivity contribution in [3.8, 4) is 11.3 Å². The number of para-hydroxylation sites is 1. The van der Waals surface area contributed by atoms with Gasteiger partial charge in [0, 0.05) is 11.6 Å². The van der Waals surface area contributed by atoms with Crippen LogP contribution >= 0.6 is 11.3 Å². The summed E-state index contributed by atoms with van der Waals surface area (Å²) in [4.78, 5) is 16.7. The molecule has 4 aromatic rings. The van der Waals surface area contributed by atoms with Crippen LogP contribution in [0, 0.1) is 5.82 Å². The highest BCUT2D eigenvalue weighted by molar-refractivity contribution is 7.23. The number of carbonyl (C=O) groups excluding carboxylic acids is 1. The maximum Gasteiger partial charge on any atom is 0.241 e. The number of fused-ring (bicyclic) bond motifs is 3. The van der Waals surface area contributed by atoms with Crippen molar-refractivity contribution in [1.82, 2.24) is 9.38 Å². The Labute approximate surface area is 140 Å². The predicted molar refractivity (Wildman–Crippen MR) is 94.2 cm³/mol. The minimum absolute atomic E-state index is 0.306. The van der Waals surface area contributed by atoms with Gasteiger partial charge in [-0.25, -0.2) is 9.37 Å². The summed E-state index contributed by atoms with van der Waals surface area (Å²) in [6, 6.07) is 14.1. The monoisotopic (exact) mass is 337 g/mol. The van der Waals surface area contributed by atoms with Gasteiger partial charge in [0.15, 0.2) is 4.96 Å². The number of amides is 1. The second-order valence-corrected chi connectivity index (χ2v) is 6.29. The molecule has 0 atom stereocenters. The maximum atomic E-state index is 13.2. The fourth-order valence-corrected chi connectivity index (χ4v) is 3.71. The topological polar surface area (TPSA) is 60.4 Å². The van der Waals surface area contributed by atoms with E-state index in [0.29, 0.717) is 5.69 Å². The first-order valence-electron chi connectivity index (χ1n) is 7.27. The van der Waals surface area contributed by atoms with E-state index in [1.54, 1.807) is 29.5 Å². The predicted octanol–water partition coefficient (Wildman–Crippen LogP) is 3.85. The van der Waals surface area contributed by atoms with Crippen LogP contribution in [0.15, 0.2) is 54.6 Å². The summed E-state index contributed by atoms with van der Waals surface area (Å²) in [6.07, 6.45) is 2.96. The van der Waals surface area contributed by atoms with Crippen molar-refractivity contribution in [3.63, 3.8) is 0 Å². The van der Waals surface area contributed by atoms with Crippen molar-refractivity contribution in [3.05, 3.63) is 66.1 Å². The molecule has 0 radical (unpaired) electrons. The molecule has 0 aliphatic heterocycles. The second-order valence-electron chi connectivity index (χ2n) is 5.28. The molecule has 4 rings (SSSR count). The van der Waals surface area contributed by atoms with Crippen LogP contribution in [0.25, 0.3) is 32.5 Å². The maximum absolute atomic E-state index is 13.2. The van der Waals surface area contributed by atoms with E-state index in [4.69, 9.17) is 5.73 Å². The quantitative estimate of drug-likeness (QED) is 0.577. The van der Waals surface area contributed by atoms with E-state index < -0.39 is 5.91 Å². The number of aromatic nitrogens is 2. The van der Waals surface area contributed by atoms with E-state index in [1.807, 2.05) is 28.7 Å². The summed E-state index contributed by atoms with van der Waals surface area (Å²) in [7, 11) is 0. The van der Waals surface area contributed by atoms with Crippen LogP contribution < -0.4 is 5.73 Å². The van der Waals surface area contributed by atoms with Crippen LogP contribution in [0.4, 0.5) is 4.39 Å². The van der Waals surface area contributed by atoms with Crippen LogP contribution in [0.5, 0.6) is 0 Å². The average molecular weight is 337 g/mol. The molecule has 0 saturated carbocycles. The summed E-state index contributed by atoms with van der Waals surface area (Å²) >= 11 is 1.56. The summed E-state index contributed by atoms with van der Waals surface area (Å²) < 4.78 is 16.3. The van der Waals surface area contributed by atoms with Gasteiger partial charge in [-0.05, 0) is 42.5 Å². The zero-order valence-corrected chi connectivity index (χ0v) is 13.3. The number of thiazole rings is 1. The zero-order valence-electron chi connectivity index (χ0n) is 12.4. The number of rotatable bonds is 3. The highest BCUT2D eigenvalue weighted by Crippen LogP contribution is 2.33. The molecular weight excluding hydrogens is 325 g/mol. The molecule has 0 aliphatic carbocycles. The number of nitrogens with zero attached hydrogens (tertiary/aromatic N) is 2. The highest BCUT2D eigenvalue weighted by atomic mass is 32.1. The van der Waals surface area contributed by atoms with E-state index in [2.05, 4.69) is 4.98 Å². The first kappa shape index (κ1) is 14.6. The van der Waals surface area contributed by atoms with Gasteiger partial charge in [0.05, 0.1) is 21.6 Å². The lowest BCUT2D eigenvalue weighted by molar-refractivity contribution is -0.113. The third-order valence-corrected chi connectivity index (χ3v) is 4.73. The van der Waals surface area contributed by atoms with Crippen LogP contribution in [0.2, 0.25) is 0 Å². The minimum Gasteiger partial charge on any atom is -0.366 e. The van der Waals surface area contributed by atoms with Crippen LogP contribution in [0.1, 0.15) is 5.69 Å². The van der Waals surface area contributed by atoms with E-state index in [9.17, 15) is 9.18 Å². The van der Waals surface area contributed by atoms with E-state index in [-0.39, 0.29) is 5.82 Å². The fourth-order valence-electron chi connectivity index (χ4n) is 2.67. The Morgan fingerprint density at radius 2 is 1.92 bits per heavy atom. The number of benzene rings is 2. The lowest BCUT2D eigenvalue weighted by atomic mass is 10.1. The van der Waals surface area contributed by atoms with Crippen LogP contribution in [0.3, 0.4) is 0 Å². The molecule has 1 amide bonds. The number of halogens is 1. The van der Waals surface area contributed by atoms with Gasteiger partial charge >= 0.3 is 0 Å². The Morgan fingerprint density at radius 1 is 1.17 bits per heavy atom. The number of primary amides is 1. The Morgan fingerprint density at radius 3 is 2.67 bits per heavy atom. The largest absolute Gasteiger partial charge is 0.366 e. The molecule has 2 heterocycles. The van der Waals surface area contributed by atoms with Gasteiger partial charge in [-0.15, -0.1) is 0 Å². The number of carbonyl (C=O) groups is 1. The summed E-state index contributed by atoms with van der Waals surface area (Å²) in [5, 5.41) is 0. The molecule has 0 bridgehead atoms.